The van der Waals surface area contributed by atoms with Gasteiger partial charge in [0.25, 0.3) is 0 Å². The minimum absolute atomic E-state index is 0.317. The van der Waals surface area contributed by atoms with E-state index in [0.717, 1.165) is 34.5 Å². The molecule has 176 valence electrons. The lowest BCUT2D eigenvalue weighted by molar-refractivity contribution is -0.137. The van der Waals surface area contributed by atoms with Crippen molar-refractivity contribution in [2.75, 3.05) is 0 Å². The SMILES string of the molecule is FC(F)(F)c1ccc(-c2ncc(-c3ccc(OCc4ccccc4)c(C4C=CC=CO4)c3)[nH]2)cc1. The van der Waals surface area contributed by atoms with Gasteiger partial charge in [0.15, 0.2) is 0 Å². The van der Waals surface area contributed by atoms with Gasteiger partial charge in [-0.25, -0.2) is 4.98 Å². The molecule has 2 heterocycles. The van der Waals surface area contributed by atoms with Gasteiger partial charge in [-0.1, -0.05) is 48.5 Å². The van der Waals surface area contributed by atoms with Gasteiger partial charge in [-0.05, 0) is 48.0 Å². The number of allylic oxidation sites excluding steroid dienone is 2. The number of nitrogens with zero attached hydrogens (tertiary/aromatic N) is 1. The second-order valence-corrected chi connectivity index (χ2v) is 8.02. The second kappa shape index (κ2) is 9.54. The Morgan fingerprint density at radius 1 is 0.914 bits per heavy atom. The molecule has 0 fully saturated rings. The quantitative estimate of drug-likeness (QED) is 0.315. The van der Waals surface area contributed by atoms with Crippen LogP contribution in [0.3, 0.4) is 0 Å². The Kier molecular flexibility index (Phi) is 6.14. The van der Waals surface area contributed by atoms with E-state index in [9.17, 15) is 13.2 Å². The van der Waals surface area contributed by atoms with Gasteiger partial charge < -0.3 is 14.5 Å². The van der Waals surface area contributed by atoms with Crippen molar-refractivity contribution in [3.8, 4) is 28.4 Å². The molecule has 0 radical (unpaired) electrons. The van der Waals surface area contributed by atoms with Crippen molar-refractivity contribution in [3.05, 3.63) is 120 Å². The summed E-state index contributed by atoms with van der Waals surface area (Å²) >= 11 is 0. The Hall–Kier alpha value is -4.26. The summed E-state index contributed by atoms with van der Waals surface area (Å²) in [6.07, 6.45) is 4.28. The highest BCUT2D eigenvalue weighted by atomic mass is 19.4. The topological polar surface area (TPSA) is 47.1 Å². The van der Waals surface area contributed by atoms with Crippen molar-refractivity contribution in [2.45, 2.75) is 18.9 Å². The van der Waals surface area contributed by atoms with E-state index in [1.54, 1.807) is 12.5 Å². The Bertz CT molecular complexity index is 1360. The van der Waals surface area contributed by atoms with E-state index in [1.807, 2.05) is 66.8 Å². The third-order valence-electron chi connectivity index (χ3n) is 5.63. The van der Waals surface area contributed by atoms with Gasteiger partial charge in [0.05, 0.1) is 23.7 Å². The fourth-order valence-electron chi connectivity index (χ4n) is 3.80. The highest BCUT2D eigenvalue weighted by Gasteiger charge is 2.30. The van der Waals surface area contributed by atoms with Gasteiger partial charge in [-0.3, -0.25) is 0 Å². The van der Waals surface area contributed by atoms with Crippen LogP contribution in [0.5, 0.6) is 5.75 Å². The molecule has 1 N–H and O–H groups in total. The lowest BCUT2D eigenvalue weighted by Gasteiger charge is -2.20. The lowest BCUT2D eigenvalue weighted by atomic mass is 10.0. The van der Waals surface area contributed by atoms with Gasteiger partial charge in [-0.15, -0.1) is 0 Å². The van der Waals surface area contributed by atoms with Crippen molar-refractivity contribution in [1.82, 2.24) is 9.97 Å². The average Bonchev–Trinajstić information content (AvgIpc) is 3.39. The number of aromatic nitrogens is 2. The van der Waals surface area contributed by atoms with Crippen molar-refractivity contribution in [3.63, 3.8) is 0 Å². The fourth-order valence-corrected chi connectivity index (χ4v) is 3.80. The zero-order chi connectivity index (χ0) is 24.3. The van der Waals surface area contributed by atoms with Crippen LogP contribution >= 0.6 is 0 Å². The van der Waals surface area contributed by atoms with Crippen molar-refractivity contribution in [1.29, 1.82) is 0 Å². The van der Waals surface area contributed by atoms with Crippen LogP contribution < -0.4 is 4.74 Å². The maximum absolute atomic E-state index is 12.9. The van der Waals surface area contributed by atoms with Crippen LogP contribution in [0.25, 0.3) is 22.6 Å². The Labute approximate surface area is 200 Å². The van der Waals surface area contributed by atoms with E-state index in [1.165, 1.54) is 12.1 Å². The molecule has 1 unspecified atom stereocenters. The highest BCUT2D eigenvalue weighted by Crippen LogP contribution is 2.35. The van der Waals surface area contributed by atoms with Gasteiger partial charge in [0.1, 0.15) is 24.3 Å². The predicted molar refractivity (Wildman–Crippen MR) is 127 cm³/mol. The number of rotatable bonds is 6. The van der Waals surface area contributed by atoms with Crippen molar-refractivity contribution >= 4 is 0 Å². The molecular formula is C28H21F3N2O2. The van der Waals surface area contributed by atoms with Crippen molar-refractivity contribution < 1.29 is 22.6 Å². The number of hydrogen-bond acceptors (Lipinski definition) is 3. The van der Waals surface area contributed by atoms with Crippen molar-refractivity contribution in [2.24, 2.45) is 0 Å². The minimum Gasteiger partial charge on any atom is -0.489 e. The van der Waals surface area contributed by atoms with Crippen LogP contribution in [0.15, 0.2) is 103 Å². The molecule has 0 bridgehead atoms. The summed E-state index contributed by atoms with van der Waals surface area (Å²) in [6.45, 7) is 0.418. The number of nitrogens with one attached hydrogen (secondary N) is 1. The molecule has 1 aliphatic heterocycles. The zero-order valence-electron chi connectivity index (χ0n) is 18.5. The first-order valence-corrected chi connectivity index (χ1v) is 11.0. The lowest BCUT2D eigenvalue weighted by Crippen LogP contribution is -2.05. The molecule has 0 saturated heterocycles. The largest absolute Gasteiger partial charge is 0.489 e. The third kappa shape index (κ3) is 5.14. The summed E-state index contributed by atoms with van der Waals surface area (Å²) < 4.78 is 50.5. The number of aromatic amines is 1. The number of hydrogen-bond donors (Lipinski definition) is 1. The van der Waals surface area contributed by atoms with Crippen LogP contribution in [0.4, 0.5) is 13.2 Å². The smallest absolute Gasteiger partial charge is 0.416 e. The molecule has 0 amide bonds. The molecule has 7 heteroatoms. The number of ether oxygens (including phenoxy) is 2. The summed E-state index contributed by atoms with van der Waals surface area (Å²) in [6, 6.07) is 20.6. The monoisotopic (exact) mass is 474 g/mol. The summed E-state index contributed by atoms with van der Waals surface area (Å²) in [5, 5.41) is 0. The molecule has 0 spiro atoms. The normalized spacial score (nSPS) is 15.1. The number of H-pyrrole nitrogens is 1. The van der Waals surface area contributed by atoms with Gasteiger partial charge in [-0.2, -0.15) is 13.2 Å². The summed E-state index contributed by atoms with van der Waals surface area (Å²) in [5.74, 6) is 1.18. The van der Waals surface area contributed by atoms with E-state index in [4.69, 9.17) is 9.47 Å². The molecule has 4 aromatic rings. The standard InChI is InChI=1S/C28H21F3N2O2/c29-28(30,31)22-12-9-20(10-13-22)27-32-17-24(33-27)21-11-14-26(35-18-19-6-2-1-3-7-19)23(16-21)25-8-4-5-15-34-25/h1-17,25H,18H2,(H,32,33). The molecular weight excluding hydrogens is 453 g/mol. The number of benzene rings is 3. The van der Waals surface area contributed by atoms with E-state index in [-0.39, 0.29) is 6.10 Å². The predicted octanol–water partition coefficient (Wildman–Crippen LogP) is 7.48. The first-order chi connectivity index (χ1) is 17.0. The molecule has 0 aliphatic carbocycles. The molecule has 1 atom stereocenters. The van der Waals surface area contributed by atoms with Crippen LogP contribution in [0.2, 0.25) is 0 Å². The second-order valence-electron chi connectivity index (χ2n) is 8.02. The number of imidazole rings is 1. The maximum atomic E-state index is 12.9. The minimum atomic E-state index is -4.38. The van der Waals surface area contributed by atoms with E-state index in [2.05, 4.69) is 9.97 Å². The molecule has 1 aromatic heterocycles. The fraction of sp³-hybridized carbons (Fsp3) is 0.107. The maximum Gasteiger partial charge on any atom is 0.416 e. The molecule has 5 rings (SSSR count). The average molecular weight is 474 g/mol. The van der Waals surface area contributed by atoms with Crippen LogP contribution in [-0.4, -0.2) is 9.97 Å². The van der Waals surface area contributed by atoms with E-state index >= 15 is 0 Å². The van der Waals surface area contributed by atoms with Crippen LogP contribution in [0.1, 0.15) is 22.8 Å². The number of halogens is 3. The Balaban J connectivity index is 1.42. The highest BCUT2D eigenvalue weighted by molar-refractivity contribution is 5.66. The summed E-state index contributed by atoms with van der Waals surface area (Å²) in [7, 11) is 0. The Morgan fingerprint density at radius 3 is 2.40 bits per heavy atom. The molecule has 35 heavy (non-hydrogen) atoms. The first kappa shape index (κ1) is 22.5. The number of alkyl halides is 3. The molecule has 0 saturated carbocycles. The molecule has 4 nitrogen and oxygen atoms in total. The van der Waals surface area contributed by atoms with Gasteiger partial charge in [0, 0.05) is 16.7 Å². The van der Waals surface area contributed by atoms with Gasteiger partial charge >= 0.3 is 6.18 Å². The molecule has 1 aliphatic rings. The molecule has 3 aromatic carbocycles. The van der Waals surface area contributed by atoms with E-state index < -0.39 is 11.7 Å². The first-order valence-electron chi connectivity index (χ1n) is 11.0. The third-order valence-corrected chi connectivity index (χ3v) is 5.63. The zero-order valence-corrected chi connectivity index (χ0v) is 18.5. The summed E-state index contributed by atoms with van der Waals surface area (Å²) in [5.41, 5.74) is 3.35. The Morgan fingerprint density at radius 2 is 1.69 bits per heavy atom. The van der Waals surface area contributed by atoms with Crippen LogP contribution in [0, 0.1) is 0 Å². The van der Waals surface area contributed by atoms with Crippen LogP contribution in [-0.2, 0) is 17.5 Å². The summed E-state index contributed by atoms with van der Waals surface area (Å²) in [4.78, 5) is 7.58. The van der Waals surface area contributed by atoms with Gasteiger partial charge in [0.2, 0.25) is 0 Å². The van der Waals surface area contributed by atoms with E-state index in [0.29, 0.717) is 23.7 Å².